The first kappa shape index (κ1) is 34.8. The molecule has 3 radical (unpaired) electrons. The van der Waals surface area contributed by atoms with Crippen LogP contribution in [0.2, 0.25) is 0 Å². The average molecular weight is 583 g/mol. The molecule has 2 saturated heterocycles. The van der Waals surface area contributed by atoms with Gasteiger partial charge in [0.25, 0.3) is 0 Å². The Balaban J connectivity index is 0.000000201. The van der Waals surface area contributed by atoms with E-state index in [9.17, 15) is 4.39 Å². The van der Waals surface area contributed by atoms with Crippen LogP contribution in [0.3, 0.4) is 0 Å². The highest BCUT2D eigenvalue weighted by atomic mass is 19.1. The van der Waals surface area contributed by atoms with E-state index in [0.29, 0.717) is 12.1 Å². The highest BCUT2D eigenvalue weighted by Gasteiger charge is 2.53. The minimum atomic E-state index is -1.06. The van der Waals surface area contributed by atoms with Crippen molar-refractivity contribution in [2.45, 2.75) is 134 Å². The lowest BCUT2D eigenvalue weighted by Crippen LogP contribution is -2.55. The predicted molar refractivity (Wildman–Crippen MR) is 175 cm³/mol. The normalized spacial score (nSPS) is 26.6. The Kier molecular flexibility index (Phi) is 10.6. The summed E-state index contributed by atoms with van der Waals surface area (Å²) in [7, 11) is 0. The molecule has 0 amide bonds. The Morgan fingerprint density at radius 1 is 0.786 bits per heavy atom. The van der Waals surface area contributed by atoms with Crippen LogP contribution in [0.5, 0.6) is 0 Å². The lowest BCUT2D eigenvalue weighted by Gasteiger charge is -2.46. The van der Waals surface area contributed by atoms with Gasteiger partial charge in [0.1, 0.15) is 0 Å². The number of alkyl halides is 1. The number of nitrogens with two attached hydrogens (primary N) is 3. The van der Waals surface area contributed by atoms with E-state index in [4.69, 9.17) is 17.2 Å². The third kappa shape index (κ3) is 6.56. The fourth-order valence-electron chi connectivity index (χ4n) is 7.61. The van der Waals surface area contributed by atoms with E-state index < -0.39 is 12.3 Å². The number of fused-ring (bicyclic) bond motifs is 4. The first-order chi connectivity index (χ1) is 19.0. The van der Waals surface area contributed by atoms with Gasteiger partial charge in [-0.2, -0.15) is 0 Å². The van der Waals surface area contributed by atoms with Gasteiger partial charge in [-0.3, -0.25) is 9.80 Å². The molecule has 4 aliphatic heterocycles. The van der Waals surface area contributed by atoms with Crippen LogP contribution in [0.1, 0.15) is 98.8 Å². The summed E-state index contributed by atoms with van der Waals surface area (Å²) in [4.78, 5) is 5.07. The Labute approximate surface area is 256 Å². The van der Waals surface area contributed by atoms with Crippen LogP contribution in [0, 0.1) is 0 Å². The summed E-state index contributed by atoms with van der Waals surface area (Å²) in [6, 6.07) is 8.66. The highest BCUT2D eigenvalue weighted by molar-refractivity contribution is 5.75. The largest absolute Gasteiger partial charge is 0.349 e. The summed E-state index contributed by atoms with van der Waals surface area (Å²) >= 11 is 0. The van der Waals surface area contributed by atoms with Crippen molar-refractivity contribution in [3.05, 3.63) is 48.0 Å². The standard InChI is InChI=1S/C15H24FN3.C15H25N3.C3H9N.B/c1-14(2,3)18-9-6-15(7-10-18)11-5-4-8-19(11)13(16)12(15)17;1-14(2,3)18-9-6-15(7-10-18)12(16)11-17-8-4-5-13(15)17;1-3(2)4;/h4-5,8,12-13H,6-7,9-10,17H2,1-3H3;4-5,8,12H,6-7,9-11,16H2,1-3H3;3H,4H2,1-2H3;/t12-,13?;12-;;/m11../s1. The number of likely N-dealkylation sites (tertiary alicyclic amines) is 2. The second-order valence-electron chi connectivity index (χ2n) is 15.2. The van der Waals surface area contributed by atoms with Crippen LogP contribution in [-0.2, 0) is 17.4 Å². The third-order valence-electron chi connectivity index (χ3n) is 10.1. The minimum absolute atomic E-state index is 0. The number of hydrogen-bond donors (Lipinski definition) is 3. The van der Waals surface area contributed by atoms with Gasteiger partial charge in [0, 0.05) is 66.7 Å². The molecule has 6 rings (SSSR count). The quantitative estimate of drug-likeness (QED) is 0.402. The van der Waals surface area contributed by atoms with Crippen LogP contribution >= 0.6 is 0 Å². The Morgan fingerprint density at radius 2 is 1.21 bits per heavy atom. The van der Waals surface area contributed by atoms with E-state index in [1.54, 1.807) is 4.57 Å². The lowest BCUT2D eigenvalue weighted by molar-refractivity contribution is 0.0583. The molecule has 2 fully saturated rings. The van der Waals surface area contributed by atoms with Crippen molar-refractivity contribution in [1.82, 2.24) is 18.9 Å². The molecule has 0 aliphatic carbocycles. The summed E-state index contributed by atoms with van der Waals surface area (Å²) in [5.41, 5.74) is 20.9. The highest BCUT2D eigenvalue weighted by Crippen LogP contribution is 2.48. The van der Waals surface area contributed by atoms with Gasteiger partial charge >= 0.3 is 0 Å². The second kappa shape index (κ2) is 12.8. The van der Waals surface area contributed by atoms with Gasteiger partial charge in [-0.15, -0.1) is 0 Å². The molecular formula is C33H58BFN7. The molecule has 42 heavy (non-hydrogen) atoms. The van der Waals surface area contributed by atoms with Crippen LogP contribution in [0.15, 0.2) is 36.7 Å². The topological polar surface area (TPSA) is 94.4 Å². The molecule has 6 heterocycles. The molecule has 0 saturated carbocycles. The summed E-state index contributed by atoms with van der Waals surface area (Å²) in [6.07, 6.45) is 7.26. The van der Waals surface area contributed by atoms with Crippen LogP contribution in [-0.4, -0.2) is 82.7 Å². The van der Waals surface area contributed by atoms with Gasteiger partial charge < -0.3 is 26.3 Å². The summed E-state index contributed by atoms with van der Waals surface area (Å²) < 4.78 is 18.4. The smallest absolute Gasteiger partial charge is 0.192 e. The van der Waals surface area contributed by atoms with Crippen molar-refractivity contribution in [1.29, 1.82) is 0 Å². The van der Waals surface area contributed by atoms with Crippen molar-refractivity contribution in [3.8, 4) is 0 Å². The number of halogens is 1. The SMILES string of the molecule is CC(C)(C)N1CCC2(CC1)c1cccn1C(F)[C@H]2N.CC(C)(C)N1CCC2(CC1)c1cccn1C[C@H]2N.CC(C)N.[B]. The van der Waals surface area contributed by atoms with Gasteiger partial charge in [0.2, 0.25) is 0 Å². The first-order valence-corrected chi connectivity index (χ1v) is 15.8. The van der Waals surface area contributed by atoms with Gasteiger partial charge in [0.05, 0.1) is 6.04 Å². The molecule has 6 N–H and O–H groups in total. The van der Waals surface area contributed by atoms with Crippen molar-refractivity contribution in [2.24, 2.45) is 17.2 Å². The molecule has 0 bridgehead atoms. The second-order valence-corrected chi connectivity index (χ2v) is 15.2. The summed E-state index contributed by atoms with van der Waals surface area (Å²) in [6.45, 7) is 22.8. The van der Waals surface area contributed by atoms with Gasteiger partial charge in [-0.1, -0.05) is 13.8 Å². The maximum absolute atomic E-state index is 14.3. The average Bonchev–Trinajstić information content (AvgIpc) is 3.64. The van der Waals surface area contributed by atoms with Crippen LogP contribution in [0.25, 0.3) is 0 Å². The zero-order valence-electron chi connectivity index (χ0n) is 27.6. The van der Waals surface area contributed by atoms with Crippen molar-refractivity contribution in [3.63, 3.8) is 0 Å². The Morgan fingerprint density at radius 3 is 1.69 bits per heavy atom. The maximum atomic E-state index is 14.3. The van der Waals surface area contributed by atoms with Crippen LogP contribution < -0.4 is 17.2 Å². The first-order valence-electron chi connectivity index (χ1n) is 15.8. The van der Waals surface area contributed by atoms with E-state index >= 15 is 0 Å². The molecular weight excluding hydrogens is 524 g/mol. The zero-order valence-corrected chi connectivity index (χ0v) is 27.6. The predicted octanol–water partition coefficient (Wildman–Crippen LogP) is 4.36. The molecule has 235 valence electrons. The zero-order chi connectivity index (χ0) is 30.4. The van der Waals surface area contributed by atoms with Gasteiger partial charge in [-0.05, 0) is 124 Å². The molecule has 4 aliphatic rings. The summed E-state index contributed by atoms with van der Waals surface area (Å²) in [5.74, 6) is 0. The number of piperidine rings is 2. The number of rotatable bonds is 0. The Bertz CT molecular complexity index is 1130. The maximum Gasteiger partial charge on any atom is 0.192 e. The van der Waals surface area contributed by atoms with E-state index in [0.717, 1.165) is 38.2 Å². The molecule has 3 atom stereocenters. The van der Waals surface area contributed by atoms with E-state index in [-0.39, 0.29) is 30.3 Å². The molecule has 2 aromatic heterocycles. The van der Waals surface area contributed by atoms with Crippen molar-refractivity contribution < 1.29 is 4.39 Å². The molecule has 2 spiro atoms. The molecule has 7 nitrogen and oxygen atoms in total. The summed E-state index contributed by atoms with van der Waals surface area (Å²) in [5, 5.41) is 0. The van der Waals surface area contributed by atoms with Crippen molar-refractivity contribution >= 4 is 8.41 Å². The van der Waals surface area contributed by atoms with Gasteiger partial charge in [-0.25, -0.2) is 4.39 Å². The lowest BCUT2D eigenvalue weighted by atomic mass is 9.71. The number of nitrogens with zero attached hydrogens (tertiary/aromatic N) is 4. The monoisotopic (exact) mass is 582 g/mol. The number of aromatic nitrogens is 2. The minimum Gasteiger partial charge on any atom is -0.349 e. The molecule has 9 heteroatoms. The van der Waals surface area contributed by atoms with Crippen molar-refractivity contribution in [2.75, 3.05) is 26.2 Å². The van der Waals surface area contributed by atoms with Gasteiger partial charge in [0.15, 0.2) is 6.30 Å². The molecule has 0 aromatic carbocycles. The molecule has 1 unspecified atom stereocenters. The Hall–Kier alpha value is -1.65. The van der Waals surface area contributed by atoms with E-state index in [2.05, 4.69) is 74.2 Å². The van der Waals surface area contributed by atoms with Crippen LogP contribution in [0.4, 0.5) is 4.39 Å². The fraction of sp³-hybridized carbons (Fsp3) is 0.758. The third-order valence-corrected chi connectivity index (χ3v) is 10.1. The van der Waals surface area contributed by atoms with E-state index in [1.807, 2.05) is 32.2 Å². The number of hydrogen-bond acceptors (Lipinski definition) is 5. The van der Waals surface area contributed by atoms with E-state index in [1.165, 1.54) is 31.6 Å². The molecule has 2 aromatic rings. The fourth-order valence-corrected chi connectivity index (χ4v) is 7.61.